The third-order valence-electron chi connectivity index (χ3n) is 3.63. The van der Waals surface area contributed by atoms with E-state index in [-0.39, 0.29) is 0 Å². The minimum atomic E-state index is -4.27. The van der Waals surface area contributed by atoms with Crippen molar-refractivity contribution in [2.45, 2.75) is 38.1 Å². The van der Waals surface area contributed by atoms with Crippen LogP contribution in [0.1, 0.15) is 29.5 Å². The van der Waals surface area contributed by atoms with E-state index < -0.39 is 11.7 Å². The number of nitrogens with one attached hydrogen (secondary N) is 1. The van der Waals surface area contributed by atoms with Gasteiger partial charge in [-0.25, -0.2) is 0 Å². The molecule has 1 aliphatic rings. The first-order chi connectivity index (χ1) is 10.0. The Morgan fingerprint density at radius 3 is 2.38 bits per heavy atom. The Hall–Kier alpha value is -1.75. The van der Waals surface area contributed by atoms with E-state index in [0.29, 0.717) is 12.6 Å². The zero-order valence-corrected chi connectivity index (χ0v) is 11.5. The van der Waals surface area contributed by atoms with Gasteiger partial charge in [-0.1, -0.05) is 12.1 Å². The summed E-state index contributed by atoms with van der Waals surface area (Å²) in [6.45, 7) is 1.44. The van der Waals surface area contributed by atoms with Crippen LogP contribution in [0.15, 0.2) is 42.7 Å². The van der Waals surface area contributed by atoms with Crippen molar-refractivity contribution in [3.05, 3.63) is 59.4 Å². The van der Waals surface area contributed by atoms with E-state index in [1.807, 2.05) is 23.0 Å². The van der Waals surface area contributed by atoms with E-state index in [0.717, 1.165) is 24.2 Å². The summed E-state index contributed by atoms with van der Waals surface area (Å²) in [6.07, 6.45) is 2.24. The van der Waals surface area contributed by atoms with Gasteiger partial charge in [-0.2, -0.15) is 13.2 Å². The van der Waals surface area contributed by atoms with E-state index in [2.05, 4.69) is 5.32 Å². The van der Waals surface area contributed by atoms with Crippen LogP contribution in [-0.2, 0) is 19.3 Å². The molecule has 0 atom stereocenters. The zero-order valence-electron chi connectivity index (χ0n) is 11.5. The zero-order chi connectivity index (χ0) is 14.9. The molecule has 21 heavy (non-hydrogen) atoms. The van der Waals surface area contributed by atoms with Gasteiger partial charge in [-0.15, -0.1) is 0 Å². The molecule has 1 N–H and O–H groups in total. The Labute approximate surface area is 121 Å². The van der Waals surface area contributed by atoms with Crippen LogP contribution in [0.4, 0.5) is 13.2 Å². The van der Waals surface area contributed by atoms with Crippen LogP contribution in [0, 0.1) is 0 Å². The molecular formula is C16H17F3N2. The molecule has 0 bridgehead atoms. The summed E-state index contributed by atoms with van der Waals surface area (Å²) >= 11 is 0. The summed E-state index contributed by atoms with van der Waals surface area (Å²) in [5.41, 5.74) is 1.46. The van der Waals surface area contributed by atoms with Crippen LogP contribution in [0.2, 0.25) is 0 Å². The lowest BCUT2D eigenvalue weighted by Crippen LogP contribution is -2.14. The highest BCUT2D eigenvalue weighted by atomic mass is 19.4. The summed E-state index contributed by atoms with van der Waals surface area (Å²) < 4.78 is 39.5. The molecular weight excluding hydrogens is 277 g/mol. The Kier molecular flexibility index (Phi) is 3.76. The molecule has 112 valence electrons. The smallest absolute Gasteiger partial charge is 0.350 e. The normalized spacial score (nSPS) is 15.4. The second kappa shape index (κ2) is 5.56. The lowest BCUT2D eigenvalue weighted by atomic mass is 10.1. The second-order valence-corrected chi connectivity index (χ2v) is 5.54. The fraction of sp³-hybridized carbons (Fsp3) is 0.375. The molecule has 2 aromatic rings. The molecule has 0 spiro atoms. The molecule has 0 radical (unpaired) electrons. The highest BCUT2D eigenvalue weighted by Gasteiger charge is 2.29. The number of nitrogens with zero attached hydrogens (tertiary/aromatic N) is 1. The monoisotopic (exact) mass is 294 g/mol. The Bertz CT molecular complexity index is 595. The topological polar surface area (TPSA) is 17.0 Å². The van der Waals surface area contributed by atoms with Gasteiger partial charge >= 0.3 is 6.18 Å². The van der Waals surface area contributed by atoms with Crippen LogP contribution < -0.4 is 5.32 Å². The van der Waals surface area contributed by atoms with Gasteiger partial charge < -0.3 is 9.88 Å². The minimum absolute atomic E-state index is 0.585. The van der Waals surface area contributed by atoms with Gasteiger partial charge in [0.2, 0.25) is 0 Å². The standard InChI is InChI=1S/C16H17F3N2/c17-16(18,19)14-3-1-12(2-4-14)10-21-8-7-13(11-21)9-20-15-5-6-15/h1-4,7-8,11,15,20H,5-6,9-10H2. The Morgan fingerprint density at radius 1 is 1.05 bits per heavy atom. The molecule has 1 heterocycles. The number of hydrogen-bond donors (Lipinski definition) is 1. The average Bonchev–Trinajstić information content (AvgIpc) is 3.16. The first-order valence-electron chi connectivity index (χ1n) is 7.05. The van der Waals surface area contributed by atoms with Gasteiger partial charge in [0.15, 0.2) is 0 Å². The van der Waals surface area contributed by atoms with E-state index in [4.69, 9.17) is 0 Å². The largest absolute Gasteiger partial charge is 0.416 e. The van der Waals surface area contributed by atoms with Crippen molar-refractivity contribution in [1.29, 1.82) is 0 Å². The maximum atomic E-state index is 12.5. The van der Waals surface area contributed by atoms with Gasteiger partial charge in [-0.05, 0) is 42.2 Å². The molecule has 0 amide bonds. The van der Waals surface area contributed by atoms with Crippen LogP contribution in [-0.4, -0.2) is 10.6 Å². The molecule has 0 aliphatic heterocycles. The van der Waals surface area contributed by atoms with Gasteiger partial charge in [0, 0.05) is 31.5 Å². The quantitative estimate of drug-likeness (QED) is 0.887. The molecule has 1 saturated carbocycles. The maximum absolute atomic E-state index is 12.5. The van der Waals surface area contributed by atoms with Crippen molar-refractivity contribution < 1.29 is 13.2 Å². The van der Waals surface area contributed by atoms with Crippen molar-refractivity contribution in [2.75, 3.05) is 0 Å². The van der Waals surface area contributed by atoms with E-state index in [1.54, 1.807) is 0 Å². The lowest BCUT2D eigenvalue weighted by molar-refractivity contribution is -0.137. The molecule has 5 heteroatoms. The second-order valence-electron chi connectivity index (χ2n) is 5.54. The summed E-state index contributed by atoms with van der Waals surface area (Å²) in [5, 5.41) is 3.44. The van der Waals surface area contributed by atoms with Crippen molar-refractivity contribution in [1.82, 2.24) is 9.88 Å². The number of halogens is 3. The molecule has 1 aromatic heterocycles. The van der Waals surface area contributed by atoms with Crippen molar-refractivity contribution in [2.24, 2.45) is 0 Å². The van der Waals surface area contributed by atoms with E-state index in [1.165, 1.54) is 30.5 Å². The molecule has 3 rings (SSSR count). The van der Waals surface area contributed by atoms with Crippen LogP contribution in [0.3, 0.4) is 0 Å². The van der Waals surface area contributed by atoms with Gasteiger partial charge in [0.25, 0.3) is 0 Å². The maximum Gasteiger partial charge on any atom is 0.416 e. The molecule has 2 nitrogen and oxygen atoms in total. The number of hydrogen-bond acceptors (Lipinski definition) is 1. The van der Waals surface area contributed by atoms with Gasteiger partial charge in [0.05, 0.1) is 5.56 Å². The Morgan fingerprint density at radius 2 is 1.76 bits per heavy atom. The number of aromatic nitrogens is 1. The fourth-order valence-electron chi connectivity index (χ4n) is 2.25. The first-order valence-corrected chi connectivity index (χ1v) is 7.05. The van der Waals surface area contributed by atoms with Crippen molar-refractivity contribution in [3.8, 4) is 0 Å². The predicted octanol–water partition coefficient (Wildman–Crippen LogP) is 3.81. The molecule has 0 unspecified atom stereocenters. The summed E-state index contributed by atoms with van der Waals surface area (Å²) in [6, 6.07) is 8.04. The molecule has 1 fully saturated rings. The molecule has 1 aliphatic carbocycles. The lowest BCUT2D eigenvalue weighted by Gasteiger charge is -2.08. The summed E-state index contributed by atoms with van der Waals surface area (Å²) in [4.78, 5) is 0. The van der Waals surface area contributed by atoms with E-state index >= 15 is 0 Å². The predicted molar refractivity (Wildman–Crippen MR) is 74.8 cm³/mol. The third kappa shape index (κ3) is 3.88. The van der Waals surface area contributed by atoms with Crippen LogP contribution in [0.5, 0.6) is 0 Å². The third-order valence-corrected chi connectivity index (χ3v) is 3.63. The minimum Gasteiger partial charge on any atom is -0.350 e. The Balaban J connectivity index is 1.60. The number of benzene rings is 1. The van der Waals surface area contributed by atoms with Crippen molar-refractivity contribution >= 4 is 0 Å². The van der Waals surface area contributed by atoms with Crippen LogP contribution >= 0.6 is 0 Å². The first kappa shape index (κ1) is 14.2. The highest BCUT2D eigenvalue weighted by Crippen LogP contribution is 2.29. The molecule has 1 aromatic carbocycles. The molecule has 0 saturated heterocycles. The highest BCUT2D eigenvalue weighted by molar-refractivity contribution is 5.25. The average molecular weight is 294 g/mol. The van der Waals surface area contributed by atoms with Gasteiger partial charge in [0.1, 0.15) is 0 Å². The fourth-order valence-corrected chi connectivity index (χ4v) is 2.25. The van der Waals surface area contributed by atoms with Crippen LogP contribution in [0.25, 0.3) is 0 Å². The number of rotatable bonds is 5. The summed E-state index contributed by atoms with van der Waals surface area (Å²) in [7, 11) is 0. The SMILES string of the molecule is FC(F)(F)c1ccc(Cn2ccc(CNC3CC3)c2)cc1. The summed E-state index contributed by atoms with van der Waals surface area (Å²) in [5.74, 6) is 0. The van der Waals surface area contributed by atoms with Gasteiger partial charge in [-0.3, -0.25) is 0 Å². The van der Waals surface area contributed by atoms with Crippen molar-refractivity contribution in [3.63, 3.8) is 0 Å². The van der Waals surface area contributed by atoms with E-state index in [9.17, 15) is 13.2 Å². The number of alkyl halides is 3.